The fourth-order valence-corrected chi connectivity index (χ4v) is 4.86. The van der Waals surface area contributed by atoms with Crippen LogP contribution in [0.3, 0.4) is 0 Å². The second-order valence-corrected chi connectivity index (χ2v) is 9.31. The Morgan fingerprint density at radius 2 is 1.42 bits per heavy atom. The van der Waals surface area contributed by atoms with Crippen molar-refractivity contribution in [2.24, 2.45) is 11.8 Å². The lowest BCUT2D eigenvalue weighted by Gasteiger charge is -2.37. The maximum atomic E-state index is 13.0. The number of rotatable bonds is 6. The van der Waals surface area contributed by atoms with Gasteiger partial charge in [0.15, 0.2) is 0 Å². The molecule has 0 aromatic heterocycles. The van der Waals surface area contributed by atoms with Crippen LogP contribution < -0.4 is 4.74 Å². The highest BCUT2D eigenvalue weighted by molar-refractivity contribution is 5.79. The molecule has 0 bridgehead atoms. The lowest BCUT2D eigenvalue weighted by atomic mass is 9.88. The summed E-state index contributed by atoms with van der Waals surface area (Å²) in [5, 5.41) is 0. The zero-order valence-electron chi connectivity index (χ0n) is 19.3. The first-order valence-corrected chi connectivity index (χ1v) is 12.0. The average Bonchev–Trinajstić information content (AvgIpc) is 2.85. The van der Waals surface area contributed by atoms with Crippen molar-refractivity contribution in [2.75, 3.05) is 26.2 Å². The van der Waals surface area contributed by atoms with Crippen LogP contribution in [0.15, 0.2) is 48.5 Å². The number of nitrogens with zero attached hydrogens (tertiary/aromatic N) is 2. The Morgan fingerprint density at radius 3 is 2.03 bits per heavy atom. The highest BCUT2D eigenvalue weighted by Crippen LogP contribution is 2.26. The first-order valence-electron chi connectivity index (χ1n) is 12.0. The summed E-state index contributed by atoms with van der Waals surface area (Å²) < 4.78 is 18.7. The summed E-state index contributed by atoms with van der Waals surface area (Å²) in [5.41, 5.74) is 2.39. The molecule has 6 heteroatoms. The number of piperidine rings is 2. The second kappa shape index (κ2) is 10.8. The van der Waals surface area contributed by atoms with Gasteiger partial charge in [-0.1, -0.05) is 24.3 Å². The van der Waals surface area contributed by atoms with Gasteiger partial charge in [0.2, 0.25) is 11.8 Å². The van der Waals surface area contributed by atoms with Crippen LogP contribution in [0.4, 0.5) is 4.39 Å². The summed E-state index contributed by atoms with van der Waals surface area (Å²) in [6, 6.07) is 14.6. The number of carbonyl (C=O) groups is 2. The van der Waals surface area contributed by atoms with E-state index in [0.29, 0.717) is 31.4 Å². The van der Waals surface area contributed by atoms with E-state index in [4.69, 9.17) is 4.74 Å². The smallest absolute Gasteiger partial charge is 0.225 e. The normalized spacial score (nSPS) is 17.8. The third-order valence-corrected chi connectivity index (χ3v) is 6.98. The minimum Gasteiger partial charge on any atom is -0.489 e. The minimum absolute atomic E-state index is 0.0711. The molecule has 2 amide bonds. The average molecular weight is 453 g/mol. The number of likely N-dealkylation sites (tertiary alicyclic amines) is 2. The zero-order chi connectivity index (χ0) is 23.2. The summed E-state index contributed by atoms with van der Waals surface area (Å²) in [7, 11) is 0. The van der Waals surface area contributed by atoms with E-state index in [1.165, 1.54) is 17.7 Å². The van der Waals surface area contributed by atoms with Crippen LogP contribution in [0.2, 0.25) is 0 Å². The molecule has 0 radical (unpaired) electrons. The molecule has 0 aliphatic carbocycles. The molecule has 0 unspecified atom stereocenters. The van der Waals surface area contributed by atoms with E-state index in [1.807, 2.05) is 9.80 Å². The number of hydrogen-bond donors (Lipinski definition) is 0. The van der Waals surface area contributed by atoms with E-state index < -0.39 is 0 Å². The molecule has 2 heterocycles. The molecule has 2 aliphatic rings. The predicted octanol–water partition coefficient (Wildman–Crippen LogP) is 4.44. The van der Waals surface area contributed by atoms with Crippen LogP contribution in [-0.2, 0) is 22.6 Å². The van der Waals surface area contributed by atoms with Gasteiger partial charge in [0.25, 0.3) is 0 Å². The number of amides is 2. The van der Waals surface area contributed by atoms with E-state index in [9.17, 15) is 14.0 Å². The molecular formula is C27H33FN2O3. The monoisotopic (exact) mass is 452 g/mol. The zero-order valence-corrected chi connectivity index (χ0v) is 19.3. The van der Waals surface area contributed by atoms with E-state index in [1.54, 1.807) is 19.1 Å². The van der Waals surface area contributed by atoms with Gasteiger partial charge in [-0.3, -0.25) is 9.59 Å². The van der Waals surface area contributed by atoms with Gasteiger partial charge < -0.3 is 14.5 Å². The molecule has 33 heavy (non-hydrogen) atoms. The summed E-state index contributed by atoms with van der Waals surface area (Å²) in [6.45, 7) is 5.13. The summed E-state index contributed by atoms with van der Waals surface area (Å²) in [5.74, 6) is 1.44. The van der Waals surface area contributed by atoms with Gasteiger partial charge in [-0.05, 0) is 73.4 Å². The van der Waals surface area contributed by atoms with E-state index in [-0.39, 0.29) is 23.5 Å². The predicted molar refractivity (Wildman–Crippen MR) is 125 cm³/mol. The maximum Gasteiger partial charge on any atom is 0.225 e. The highest BCUT2D eigenvalue weighted by Gasteiger charge is 2.31. The topological polar surface area (TPSA) is 49.9 Å². The van der Waals surface area contributed by atoms with E-state index in [2.05, 4.69) is 24.3 Å². The third-order valence-electron chi connectivity index (χ3n) is 6.98. The Kier molecular flexibility index (Phi) is 7.63. The molecule has 2 aliphatic heterocycles. The lowest BCUT2D eigenvalue weighted by Crippen LogP contribution is -2.46. The van der Waals surface area contributed by atoms with Crippen molar-refractivity contribution in [1.82, 2.24) is 9.80 Å². The number of benzene rings is 2. The van der Waals surface area contributed by atoms with Crippen molar-refractivity contribution in [3.63, 3.8) is 0 Å². The fraction of sp³-hybridized carbons (Fsp3) is 0.481. The minimum atomic E-state index is -0.267. The summed E-state index contributed by atoms with van der Waals surface area (Å²) in [6.07, 6.45) is 4.67. The fourth-order valence-electron chi connectivity index (χ4n) is 4.86. The molecule has 5 nitrogen and oxygen atoms in total. The molecule has 0 spiro atoms. The van der Waals surface area contributed by atoms with Crippen LogP contribution in [0.25, 0.3) is 0 Å². The van der Waals surface area contributed by atoms with Crippen LogP contribution in [0.5, 0.6) is 5.75 Å². The Bertz CT molecular complexity index is 929. The third kappa shape index (κ3) is 6.34. The molecule has 2 fully saturated rings. The van der Waals surface area contributed by atoms with Crippen molar-refractivity contribution in [3.8, 4) is 5.75 Å². The lowest BCUT2D eigenvalue weighted by molar-refractivity contribution is -0.141. The first kappa shape index (κ1) is 23.3. The van der Waals surface area contributed by atoms with Crippen LogP contribution in [0, 0.1) is 17.7 Å². The van der Waals surface area contributed by atoms with Crippen LogP contribution >= 0.6 is 0 Å². The van der Waals surface area contributed by atoms with Crippen LogP contribution in [-0.4, -0.2) is 47.8 Å². The first-order chi connectivity index (χ1) is 16.0. The number of halogens is 1. The van der Waals surface area contributed by atoms with Gasteiger partial charge in [0.05, 0.1) is 0 Å². The number of carbonyl (C=O) groups excluding carboxylic acids is 2. The van der Waals surface area contributed by atoms with E-state index in [0.717, 1.165) is 50.8 Å². The van der Waals surface area contributed by atoms with Gasteiger partial charge in [-0.15, -0.1) is 0 Å². The number of hydrogen-bond acceptors (Lipinski definition) is 3. The standard InChI is InChI=1S/C27H33FN2O3/c1-20(31)29-16-12-24(13-17-29)27(32)30-14-10-22(11-15-30)18-21-2-4-23(5-3-21)19-33-26-8-6-25(28)7-9-26/h2-9,22,24H,10-19H2,1H3. The number of ether oxygens (including phenoxy) is 1. The maximum absolute atomic E-state index is 13.0. The summed E-state index contributed by atoms with van der Waals surface area (Å²) >= 11 is 0. The second-order valence-electron chi connectivity index (χ2n) is 9.31. The molecule has 2 aromatic rings. The molecule has 4 rings (SSSR count). The molecule has 2 saturated heterocycles. The molecule has 176 valence electrons. The van der Waals surface area contributed by atoms with Gasteiger partial charge in [0, 0.05) is 39.0 Å². The van der Waals surface area contributed by atoms with Gasteiger partial charge in [-0.25, -0.2) is 4.39 Å². The van der Waals surface area contributed by atoms with Gasteiger partial charge in [0.1, 0.15) is 18.2 Å². The van der Waals surface area contributed by atoms with Gasteiger partial charge >= 0.3 is 0 Å². The van der Waals surface area contributed by atoms with Crippen LogP contribution in [0.1, 0.15) is 43.7 Å². The Morgan fingerprint density at radius 1 is 0.848 bits per heavy atom. The highest BCUT2D eigenvalue weighted by atomic mass is 19.1. The molecule has 2 aromatic carbocycles. The van der Waals surface area contributed by atoms with Crippen molar-refractivity contribution in [1.29, 1.82) is 0 Å². The SMILES string of the molecule is CC(=O)N1CCC(C(=O)N2CCC(Cc3ccc(COc4ccc(F)cc4)cc3)CC2)CC1. The molecule has 0 N–H and O–H groups in total. The van der Waals surface area contributed by atoms with Crippen molar-refractivity contribution < 1.29 is 18.7 Å². The van der Waals surface area contributed by atoms with Crippen molar-refractivity contribution >= 4 is 11.8 Å². The van der Waals surface area contributed by atoms with E-state index >= 15 is 0 Å². The Labute approximate surface area is 195 Å². The Balaban J connectivity index is 1.19. The van der Waals surface area contributed by atoms with Gasteiger partial charge in [-0.2, -0.15) is 0 Å². The quantitative estimate of drug-likeness (QED) is 0.651. The largest absolute Gasteiger partial charge is 0.489 e. The molecule has 0 saturated carbocycles. The molecule has 0 atom stereocenters. The summed E-state index contributed by atoms with van der Waals surface area (Å²) in [4.78, 5) is 28.3. The van der Waals surface area contributed by atoms with Crippen molar-refractivity contribution in [3.05, 3.63) is 65.5 Å². The Hall–Kier alpha value is -2.89. The molecular weight excluding hydrogens is 419 g/mol. The van der Waals surface area contributed by atoms with Crippen molar-refractivity contribution in [2.45, 2.75) is 45.6 Å².